The maximum Gasteiger partial charge on any atom is 0.254 e. The van der Waals surface area contributed by atoms with Crippen LogP contribution in [0.4, 0.5) is 20.3 Å². The molecule has 2 N–H and O–H groups in total. The number of likely N-dealkylation sites (tertiary alicyclic amines) is 1. The molecule has 1 saturated heterocycles. The summed E-state index contributed by atoms with van der Waals surface area (Å²) in [5.74, 6) is -0.755. The number of halogens is 2. The van der Waals surface area contributed by atoms with Gasteiger partial charge in [-0.05, 0) is 67.1 Å². The number of hydrogen-bond acceptors (Lipinski definition) is 5. The van der Waals surface area contributed by atoms with E-state index in [0.717, 1.165) is 36.3 Å². The van der Waals surface area contributed by atoms with Crippen LogP contribution in [0.2, 0.25) is 0 Å². The Labute approximate surface area is 217 Å². The van der Waals surface area contributed by atoms with E-state index >= 15 is 4.39 Å². The molecule has 0 bridgehead atoms. The van der Waals surface area contributed by atoms with Crippen molar-refractivity contribution >= 4 is 34.9 Å². The highest BCUT2D eigenvalue weighted by Crippen LogP contribution is 2.36. The lowest BCUT2D eigenvalue weighted by Crippen LogP contribution is -2.42. The second-order valence-electron chi connectivity index (χ2n) is 9.78. The standard InChI is InChI=1S/C28H26F2N6O2/c29-23-13-17(22-15-26(36(16-37)20-2-3-20)34-27-21(22)6-10-32-27)1-4-24(23)33-19-7-11-35(12-8-19)28(38)18-5-9-31-25(30)14-18/h1,4-6,9-10,13-16,19-20,33H,2-3,7-8,11-12H2,(H,32,34). The highest BCUT2D eigenvalue weighted by atomic mass is 19.1. The van der Waals surface area contributed by atoms with Gasteiger partial charge < -0.3 is 15.2 Å². The molecule has 0 unspecified atom stereocenters. The zero-order valence-electron chi connectivity index (χ0n) is 20.5. The van der Waals surface area contributed by atoms with Crippen molar-refractivity contribution in [2.45, 2.75) is 37.8 Å². The van der Waals surface area contributed by atoms with Crippen molar-refractivity contribution in [3.05, 3.63) is 72.2 Å². The summed E-state index contributed by atoms with van der Waals surface area (Å²) >= 11 is 0. The molecule has 2 amide bonds. The lowest BCUT2D eigenvalue weighted by atomic mass is 10.0. The Morgan fingerprint density at radius 3 is 2.61 bits per heavy atom. The van der Waals surface area contributed by atoms with Crippen LogP contribution >= 0.6 is 0 Å². The Morgan fingerprint density at radius 1 is 1.08 bits per heavy atom. The Morgan fingerprint density at radius 2 is 1.89 bits per heavy atom. The first-order valence-corrected chi connectivity index (χ1v) is 12.7. The number of fused-ring (bicyclic) bond motifs is 1. The molecular weight excluding hydrogens is 490 g/mol. The van der Waals surface area contributed by atoms with Gasteiger partial charge in [0.15, 0.2) is 0 Å². The molecule has 0 atom stereocenters. The minimum Gasteiger partial charge on any atom is -0.380 e. The highest BCUT2D eigenvalue weighted by Gasteiger charge is 2.30. The summed E-state index contributed by atoms with van der Waals surface area (Å²) in [5.41, 5.74) is 2.79. The molecule has 4 aromatic rings. The minimum atomic E-state index is -0.685. The fourth-order valence-electron chi connectivity index (χ4n) is 5.04. The SMILES string of the molecule is O=CN(c1cc(-c2ccc(NC3CCN(C(=O)c4ccnc(F)c4)CC3)c(F)c2)c2cc[nH]c2n1)C1CC1. The van der Waals surface area contributed by atoms with E-state index in [1.807, 2.05) is 18.2 Å². The summed E-state index contributed by atoms with van der Waals surface area (Å²) in [7, 11) is 0. The molecule has 1 aliphatic heterocycles. The Bertz CT molecular complexity index is 1510. The first-order chi connectivity index (χ1) is 18.5. The predicted molar refractivity (Wildman–Crippen MR) is 140 cm³/mol. The zero-order valence-corrected chi connectivity index (χ0v) is 20.5. The van der Waals surface area contributed by atoms with Crippen LogP contribution in [-0.4, -0.2) is 57.3 Å². The van der Waals surface area contributed by atoms with E-state index < -0.39 is 5.95 Å². The molecule has 2 aliphatic rings. The smallest absolute Gasteiger partial charge is 0.254 e. The summed E-state index contributed by atoms with van der Waals surface area (Å²) in [5, 5.41) is 4.12. The number of benzene rings is 1. The van der Waals surface area contributed by atoms with Gasteiger partial charge >= 0.3 is 0 Å². The van der Waals surface area contributed by atoms with E-state index in [0.29, 0.717) is 48.6 Å². The van der Waals surface area contributed by atoms with Crippen molar-refractivity contribution in [2.24, 2.45) is 0 Å². The van der Waals surface area contributed by atoms with Crippen LogP contribution in [0.25, 0.3) is 22.2 Å². The first kappa shape index (κ1) is 24.0. The molecule has 0 radical (unpaired) electrons. The quantitative estimate of drug-likeness (QED) is 0.273. The van der Waals surface area contributed by atoms with Gasteiger partial charge in [0, 0.05) is 54.6 Å². The van der Waals surface area contributed by atoms with Gasteiger partial charge in [0.1, 0.15) is 17.3 Å². The van der Waals surface area contributed by atoms with E-state index in [1.165, 1.54) is 18.3 Å². The van der Waals surface area contributed by atoms with Crippen molar-refractivity contribution < 1.29 is 18.4 Å². The monoisotopic (exact) mass is 516 g/mol. The molecule has 10 heteroatoms. The summed E-state index contributed by atoms with van der Waals surface area (Å²) in [6.45, 7) is 0.971. The van der Waals surface area contributed by atoms with E-state index in [9.17, 15) is 14.0 Å². The fourth-order valence-corrected chi connectivity index (χ4v) is 5.04. The normalized spacial score (nSPS) is 16.0. The molecule has 38 heavy (non-hydrogen) atoms. The second-order valence-corrected chi connectivity index (χ2v) is 9.78. The van der Waals surface area contributed by atoms with Gasteiger partial charge in [-0.1, -0.05) is 6.07 Å². The van der Waals surface area contributed by atoms with E-state index in [1.54, 1.807) is 22.1 Å². The third-order valence-electron chi connectivity index (χ3n) is 7.23. The number of rotatable bonds is 7. The summed E-state index contributed by atoms with van der Waals surface area (Å²) in [6, 6.07) is 11.6. The summed E-state index contributed by atoms with van der Waals surface area (Å²) < 4.78 is 28.7. The average molecular weight is 517 g/mol. The van der Waals surface area contributed by atoms with Crippen LogP contribution in [0.1, 0.15) is 36.0 Å². The van der Waals surface area contributed by atoms with Crippen LogP contribution < -0.4 is 10.2 Å². The maximum absolute atomic E-state index is 15.3. The predicted octanol–water partition coefficient (Wildman–Crippen LogP) is 4.75. The first-order valence-electron chi connectivity index (χ1n) is 12.7. The third-order valence-corrected chi connectivity index (χ3v) is 7.23. The molecule has 3 aromatic heterocycles. The van der Waals surface area contributed by atoms with Crippen molar-refractivity contribution in [1.82, 2.24) is 19.9 Å². The van der Waals surface area contributed by atoms with E-state index in [-0.39, 0.29) is 29.4 Å². The number of anilines is 2. The van der Waals surface area contributed by atoms with E-state index in [4.69, 9.17) is 0 Å². The number of aromatic nitrogens is 3. The van der Waals surface area contributed by atoms with Crippen LogP contribution in [0, 0.1) is 11.8 Å². The van der Waals surface area contributed by atoms with Gasteiger partial charge in [0.25, 0.3) is 5.91 Å². The maximum atomic E-state index is 15.3. The lowest BCUT2D eigenvalue weighted by molar-refractivity contribution is -0.107. The van der Waals surface area contributed by atoms with Crippen molar-refractivity contribution in [2.75, 3.05) is 23.3 Å². The van der Waals surface area contributed by atoms with Crippen LogP contribution in [0.5, 0.6) is 0 Å². The number of aromatic amines is 1. The fraction of sp³-hybridized carbons (Fsp3) is 0.286. The molecule has 8 nitrogen and oxygen atoms in total. The number of nitrogens with zero attached hydrogens (tertiary/aromatic N) is 4. The molecule has 6 rings (SSSR count). The number of carbonyl (C=O) groups is 2. The van der Waals surface area contributed by atoms with Crippen LogP contribution in [0.15, 0.2) is 54.9 Å². The van der Waals surface area contributed by atoms with Gasteiger partial charge in [0.2, 0.25) is 12.4 Å². The third kappa shape index (κ3) is 4.69. The molecule has 2 fully saturated rings. The van der Waals surface area contributed by atoms with Crippen molar-refractivity contribution in [3.8, 4) is 11.1 Å². The number of piperidine rings is 1. The largest absolute Gasteiger partial charge is 0.380 e. The minimum absolute atomic E-state index is 0.00261. The number of H-pyrrole nitrogens is 1. The molecule has 194 valence electrons. The molecule has 0 spiro atoms. The van der Waals surface area contributed by atoms with Gasteiger partial charge in [-0.3, -0.25) is 14.5 Å². The van der Waals surface area contributed by atoms with E-state index in [2.05, 4.69) is 20.3 Å². The zero-order chi connectivity index (χ0) is 26.2. The Balaban J connectivity index is 1.17. The van der Waals surface area contributed by atoms with Crippen LogP contribution in [0.3, 0.4) is 0 Å². The Kier molecular flexibility index (Phi) is 6.22. The number of amides is 2. The second kappa shape index (κ2) is 9.85. The molecule has 1 saturated carbocycles. The van der Waals surface area contributed by atoms with Gasteiger partial charge in [-0.15, -0.1) is 0 Å². The summed E-state index contributed by atoms with van der Waals surface area (Å²) in [4.78, 5) is 38.9. The highest BCUT2D eigenvalue weighted by molar-refractivity contribution is 5.96. The van der Waals surface area contributed by atoms with Crippen LogP contribution in [-0.2, 0) is 4.79 Å². The van der Waals surface area contributed by atoms with Gasteiger partial charge in [-0.25, -0.2) is 14.4 Å². The Hall–Kier alpha value is -4.34. The molecule has 1 aliphatic carbocycles. The lowest BCUT2D eigenvalue weighted by Gasteiger charge is -2.33. The summed E-state index contributed by atoms with van der Waals surface area (Å²) in [6.07, 6.45) is 7.04. The molecule has 4 heterocycles. The molecule has 1 aromatic carbocycles. The average Bonchev–Trinajstić information content (AvgIpc) is 3.65. The number of nitrogens with one attached hydrogen (secondary N) is 2. The number of carbonyl (C=O) groups excluding carboxylic acids is 2. The van der Waals surface area contributed by atoms with Crippen molar-refractivity contribution in [3.63, 3.8) is 0 Å². The van der Waals surface area contributed by atoms with Crippen molar-refractivity contribution in [1.29, 1.82) is 0 Å². The van der Waals surface area contributed by atoms with Gasteiger partial charge in [-0.2, -0.15) is 4.39 Å². The van der Waals surface area contributed by atoms with Gasteiger partial charge in [0.05, 0.1) is 5.69 Å². The topological polar surface area (TPSA) is 94.2 Å². The molecular formula is C28H26F2N6O2. The number of pyridine rings is 2. The number of hydrogen-bond donors (Lipinski definition) is 2.